The van der Waals surface area contributed by atoms with Crippen LogP contribution < -0.4 is 0 Å². The molecule has 0 aromatic rings. The monoisotopic (exact) mass is 437 g/mol. The topological polar surface area (TPSA) is 0 Å². The van der Waals surface area contributed by atoms with E-state index in [1.54, 1.807) is 0 Å². The molecule has 0 saturated carbocycles. The molecule has 0 heterocycles. The van der Waals surface area contributed by atoms with Gasteiger partial charge in [0.2, 0.25) is 0 Å². The summed E-state index contributed by atoms with van der Waals surface area (Å²) in [5.41, 5.74) is 0.662. The molecule has 0 aromatic carbocycles. The fourth-order valence-electron chi connectivity index (χ4n) is 5.84. The number of rotatable bonds is 25. The largest absolute Gasteiger partial charge is 0.0654 e. The van der Waals surface area contributed by atoms with Gasteiger partial charge in [0.1, 0.15) is 0 Å². The Hall–Kier alpha value is 0. The van der Waals surface area contributed by atoms with Gasteiger partial charge in [0.05, 0.1) is 0 Å². The van der Waals surface area contributed by atoms with Gasteiger partial charge in [-0.25, -0.2) is 0 Å². The van der Waals surface area contributed by atoms with Gasteiger partial charge in [0.25, 0.3) is 0 Å². The van der Waals surface area contributed by atoms with Gasteiger partial charge in [-0.3, -0.25) is 0 Å². The van der Waals surface area contributed by atoms with Crippen molar-refractivity contribution >= 4 is 0 Å². The van der Waals surface area contributed by atoms with Crippen LogP contribution in [0.2, 0.25) is 0 Å². The summed E-state index contributed by atoms with van der Waals surface area (Å²) in [7, 11) is 0. The van der Waals surface area contributed by atoms with Crippen LogP contribution in [-0.4, -0.2) is 0 Å². The second-order valence-electron chi connectivity index (χ2n) is 10.8. The van der Waals surface area contributed by atoms with Crippen LogP contribution in [-0.2, 0) is 0 Å². The predicted molar refractivity (Wildman–Crippen MR) is 145 cm³/mol. The average Bonchev–Trinajstić information content (AvgIpc) is 2.79. The van der Waals surface area contributed by atoms with Crippen LogP contribution in [0.15, 0.2) is 0 Å². The molecule has 0 aliphatic rings. The first kappa shape index (κ1) is 31.0. The smallest absolute Gasteiger partial charge is 0.0269 e. The minimum Gasteiger partial charge on any atom is -0.0654 e. The molecular formula is C31H64. The molecule has 1 atom stereocenters. The highest BCUT2D eigenvalue weighted by Crippen LogP contribution is 2.47. The van der Waals surface area contributed by atoms with E-state index in [0.717, 1.165) is 5.92 Å². The fraction of sp³-hybridized carbons (Fsp3) is 1.00. The zero-order chi connectivity index (χ0) is 23.0. The van der Waals surface area contributed by atoms with Crippen LogP contribution in [0.3, 0.4) is 0 Å². The van der Waals surface area contributed by atoms with Crippen molar-refractivity contribution in [2.75, 3.05) is 0 Å². The molecular weight excluding hydrogens is 372 g/mol. The summed E-state index contributed by atoms with van der Waals surface area (Å²) >= 11 is 0. The van der Waals surface area contributed by atoms with Gasteiger partial charge in [0, 0.05) is 0 Å². The summed E-state index contributed by atoms with van der Waals surface area (Å²) in [5, 5.41) is 0. The van der Waals surface area contributed by atoms with Crippen molar-refractivity contribution in [2.24, 2.45) is 11.3 Å². The van der Waals surface area contributed by atoms with Crippen molar-refractivity contribution in [2.45, 2.75) is 189 Å². The molecule has 0 nitrogen and oxygen atoms in total. The molecule has 0 radical (unpaired) electrons. The van der Waals surface area contributed by atoms with Crippen molar-refractivity contribution < 1.29 is 0 Å². The van der Waals surface area contributed by atoms with Crippen LogP contribution >= 0.6 is 0 Å². The molecule has 0 saturated heterocycles. The number of hydrogen-bond donors (Lipinski definition) is 0. The van der Waals surface area contributed by atoms with Crippen LogP contribution in [0.25, 0.3) is 0 Å². The van der Waals surface area contributed by atoms with Crippen LogP contribution in [0.1, 0.15) is 189 Å². The van der Waals surface area contributed by atoms with E-state index in [0.29, 0.717) is 5.41 Å². The zero-order valence-corrected chi connectivity index (χ0v) is 23.0. The summed E-state index contributed by atoms with van der Waals surface area (Å²) in [6.45, 7) is 11.9. The third-order valence-electron chi connectivity index (χ3n) is 8.01. The Balaban J connectivity index is 4.56. The molecule has 0 rings (SSSR count). The van der Waals surface area contributed by atoms with Crippen LogP contribution in [0, 0.1) is 11.3 Å². The molecule has 0 heteroatoms. The van der Waals surface area contributed by atoms with E-state index in [9.17, 15) is 0 Å². The Bertz CT molecular complexity index is 309. The van der Waals surface area contributed by atoms with Crippen molar-refractivity contribution in [3.05, 3.63) is 0 Å². The minimum absolute atomic E-state index is 0.662. The third-order valence-corrected chi connectivity index (χ3v) is 8.01. The Morgan fingerprint density at radius 1 is 0.355 bits per heavy atom. The third kappa shape index (κ3) is 16.3. The molecule has 0 aliphatic carbocycles. The molecule has 0 aromatic heterocycles. The average molecular weight is 437 g/mol. The lowest BCUT2D eigenvalue weighted by atomic mass is 9.63. The van der Waals surface area contributed by atoms with Crippen LogP contribution in [0.4, 0.5) is 0 Å². The highest BCUT2D eigenvalue weighted by Gasteiger charge is 2.36. The lowest BCUT2D eigenvalue weighted by Crippen LogP contribution is -2.31. The van der Waals surface area contributed by atoms with E-state index in [1.807, 2.05) is 0 Å². The Morgan fingerprint density at radius 3 is 1.06 bits per heavy atom. The lowest BCUT2D eigenvalue weighted by molar-refractivity contribution is 0.0839. The van der Waals surface area contributed by atoms with Gasteiger partial charge < -0.3 is 0 Å². The van der Waals surface area contributed by atoms with E-state index in [4.69, 9.17) is 0 Å². The van der Waals surface area contributed by atoms with Crippen molar-refractivity contribution in [3.8, 4) is 0 Å². The quantitative estimate of drug-likeness (QED) is 0.125. The first-order valence-electron chi connectivity index (χ1n) is 15.2. The molecule has 31 heavy (non-hydrogen) atoms. The van der Waals surface area contributed by atoms with Gasteiger partial charge in [-0.2, -0.15) is 0 Å². The van der Waals surface area contributed by atoms with Gasteiger partial charge in [-0.1, -0.05) is 157 Å². The summed E-state index contributed by atoms with van der Waals surface area (Å²) in [5.74, 6) is 0.996. The van der Waals surface area contributed by atoms with E-state index in [-0.39, 0.29) is 0 Å². The molecule has 0 spiro atoms. The van der Waals surface area contributed by atoms with Crippen molar-refractivity contribution in [3.63, 3.8) is 0 Å². The number of unbranched alkanes of at least 4 members (excludes halogenated alkanes) is 14. The second kappa shape index (κ2) is 23.2. The summed E-state index contributed by atoms with van der Waals surface area (Å²) < 4.78 is 0. The maximum Gasteiger partial charge on any atom is -0.0269 e. The molecule has 1 unspecified atom stereocenters. The Kier molecular flexibility index (Phi) is 23.2. The van der Waals surface area contributed by atoms with Crippen molar-refractivity contribution in [1.82, 2.24) is 0 Å². The SMILES string of the molecule is CCCCCCCCCCCCCC(CCCC)C(CCCC)(CCCC)CCCC. The van der Waals surface area contributed by atoms with E-state index < -0.39 is 0 Å². The molecule has 0 amide bonds. The molecule has 0 aliphatic heterocycles. The predicted octanol–water partition coefficient (Wildman–Crippen LogP) is 12.1. The Labute approximate surface area is 200 Å². The van der Waals surface area contributed by atoms with Crippen LogP contribution in [0.5, 0.6) is 0 Å². The van der Waals surface area contributed by atoms with Gasteiger partial charge in [-0.15, -0.1) is 0 Å². The first-order valence-corrected chi connectivity index (χ1v) is 15.2. The normalized spacial score (nSPS) is 13.1. The molecule has 0 fully saturated rings. The summed E-state index contributed by atoms with van der Waals surface area (Å²) in [4.78, 5) is 0. The molecule has 0 bridgehead atoms. The van der Waals surface area contributed by atoms with E-state index in [1.165, 1.54) is 154 Å². The maximum atomic E-state index is 2.40. The van der Waals surface area contributed by atoms with Crippen molar-refractivity contribution in [1.29, 1.82) is 0 Å². The van der Waals surface area contributed by atoms with Gasteiger partial charge in [0.15, 0.2) is 0 Å². The number of hydrogen-bond acceptors (Lipinski definition) is 0. The second-order valence-corrected chi connectivity index (χ2v) is 10.8. The van der Waals surface area contributed by atoms with Gasteiger partial charge in [-0.05, 0) is 43.4 Å². The van der Waals surface area contributed by atoms with E-state index in [2.05, 4.69) is 34.6 Å². The lowest BCUT2D eigenvalue weighted by Gasteiger charge is -2.42. The fourth-order valence-corrected chi connectivity index (χ4v) is 5.84. The molecule has 188 valence electrons. The minimum atomic E-state index is 0.662. The zero-order valence-electron chi connectivity index (χ0n) is 23.0. The Morgan fingerprint density at radius 2 is 0.677 bits per heavy atom. The maximum absolute atomic E-state index is 2.40. The standard InChI is InChI=1S/C31H64/c1-6-11-16-17-18-19-20-21-22-23-24-26-30(25-12-7-2)31(27-13-8-3,28-14-9-4)29-15-10-5/h30H,6-29H2,1-5H3. The first-order chi connectivity index (χ1) is 15.2. The van der Waals surface area contributed by atoms with E-state index >= 15 is 0 Å². The highest BCUT2D eigenvalue weighted by molar-refractivity contribution is 4.87. The summed E-state index contributed by atoms with van der Waals surface area (Å²) in [6, 6.07) is 0. The van der Waals surface area contributed by atoms with Gasteiger partial charge >= 0.3 is 0 Å². The highest BCUT2D eigenvalue weighted by atomic mass is 14.4. The summed E-state index contributed by atoms with van der Waals surface area (Å²) in [6.07, 6.45) is 35.0. The molecule has 0 N–H and O–H groups in total.